The Morgan fingerprint density at radius 3 is 2.19 bits per heavy atom. The third-order valence-electron chi connectivity index (χ3n) is 4.96. The molecule has 21 heavy (non-hydrogen) atoms. The Hall–Kier alpha value is -1.35. The van der Waals surface area contributed by atoms with Gasteiger partial charge in [0.2, 0.25) is 0 Å². The third kappa shape index (κ3) is 4.31. The molecule has 3 heteroatoms. The number of likely N-dealkylation sites (N-methyl/N-ethyl adjacent to an activating group) is 1. The van der Waals surface area contributed by atoms with Crippen LogP contribution in [0.2, 0.25) is 0 Å². The highest BCUT2D eigenvalue weighted by Gasteiger charge is 2.35. The molecule has 1 rings (SSSR count). The predicted octanol–water partition coefficient (Wildman–Crippen LogP) is 3.38. The zero-order chi connectivity index (χ0) is 15.9. The maximum Gasteiger partial charge on any atom is 0.316 e. The number of hydrogen-bond acceptors (Lipinski definition) is 2. The van der Waals surface area contributed by atoms with Crippen molar-refractivity contribution in [1.82, 2.24) is 0 Å². The molecular formula is C18H30NO2+. The first-order valence-electron chi connectivity index (χ1n) is 7.98. The molecule has 0 aliphatic rings. The van der Waals surface area contributed by atoms with Gasteiger partial charge in [0, 0.05) is 0 Å². The van der Waals surface area contributed by atoms with Gasteiger partial charge in [-0.2, -0.15) is 0 Å². The van der Waals surface area contributed by atoms with Crippen LogP contribution in [0.1, 0.15) is 39.7 Å². The Kier molecular flexibility index (Phi) is 6.41. The average molecular weight is 292 g/mol. The molecule has 0 saturated heterocycles. The fourth-order valence-corrected chi connectivity index (χ4v) is 2.33. The smallest absolute Gasteiger partial charge is 0.316 e. The molecule has 0 unspecified atom stereocenters. The van der Waals surface area contributed by atoms with Crippen molar-refractivity contribution in [3.05, 3.63) is 35.9 Å². The topological polar surface area (TPSA) is 26.3 Å². The first kappa shape index (κ1) is 17.7. The van der Waals surface area contributed by atoms with E-state index in [9.17, 15) is 4.79 Å². The number of hydrogen-bond donors (Lipinski definition) is 0. The molecule has 118 valence electrons. The first-order valence-corrected chi connectivity index (χ1v) is 7.98. The number of carbonyl (C=O) groups excluding carboxylic acids is 1. The molecule has 0 spiro atoms. The molecule has 0 aliphatic carbocycles. The van der Waals surface area contributed by atoms with Crippen molar-refractivity contribution in [2.45, 2.75) is 39.5 Å². The molecule has 0 heterocycles. The Morgan fingerprint density at radius 2 is 1.71 bits per heavy atom. The molecular weight excluding hydrogens is 262 g/mol. The molecule has 1 aromatic rings. The molecule has 0 radical (unpaired) electrons. The van der Waals surface area contributed by atoms with Crippen LogP contribution < -0.4 is 0 Å². The summed E-state index contributed by atoms with van der Waals surface area (Å²) in [7, 11) is 2.20. The fourth-order valence-electron chi connectivity index (χ4n) is 2.33. The molecule has 0 bridgehead atoms. The van der Waals surface area contributed by atoms with E-state index in [-0.39, 0.29) is 5.97 Å². The molecule has 0 amide bonds. The first-order chi connectivity index (χ1) is 9.91. The number of quaternary nitrogens is 1. The van der Waals surface area contributed by atoms with E-state index in [0.717, 1.165) is 36.1 Å². The minimum absolute atomic E-state index is 0.116. The van der Waals surface area contributed by atoms with E-state index in [4.69, 9.17) is 4.74 Å². The van der Waals surface area contributed by atoms with Crippen molar-refractivity contribution in [3.63, 3.8) is 0 Å². The number of benzene rings is 1. The largest absolute Gasteiger partial charge is 0.459 e. The zero-order valence-corrected chi connectivity index (χ0v) is 14.2. The lowest BCUT2D eigenvalue weighted by molar-refractivity contribution is -0.906. The quantitative estimate of drug-likeness (QED) is 0.542. The van der Waals surface area contributed by atoms with E-state index in [1.165, 1.54) is 0 Å². The van der Waals surface area contributed by atoms with Gasteiger partial charge in [-0.05, 0) is 32.8 Å². The number of carbonyl (C=O) groups is 1. The minimum Gasteiger partial charge on any atom is -0.459 e. The minimum atomic E-state index is -0.552. The van der Waals surface area contributed by atoms with Crippen molar-refractivity contribution in [1.29, 1.82) is 0 Å². The third-order valence-corrected chi connectivity index (χ3v) is 4.96. The van der Waals surface area contributed by atoms with Gasteiger partial charge in [-0.25, -0.2) is 0 Å². The summed E-state index contributed by atoms with van der Waals surface area (Å²) >= 11 is 0. The summed E-state index contributed by atoms with van der Waals surface area (Å²) in [6.45, 7) is 11.8. The van der Waals surface area contributed by atoms with Crippen LogP contribution in [0, 0.1) is 0 Å². The van der Waals surface area contributed by atoms with E-state index in [1.807, 2.05) is 44.2 Å². The summed E-state index contributed by atoms with van der Waals surface area (Å²) in [5, 5.41) is 0. The van der Waals surface area contributed by atoms with Crippen molar-refractivity contribution < 1.29 is 14.0 Å². The summed E-state index contributed by atoms with van der Waals surface area (Å²) in [5.74, 6) is -0.116. The van der Waals surface area contributed by atoms with Crippen LogP contribution in [-0.2, 0) is 14.9 Å². The number of ether oxygens (including phenoxy) is 1. The maximum absolute atomic E-state index is 12.5. The lowest BCUT2D eigenvalue weighted by Crippen LogP contribution is -2.46. The van der Waals surface area contributed by atoms with Gasteiger partial charge < -0.3 is 9.22 Å². The zero-order valence-electron chi connectivity index (χ0n) is 14.2. The van der Waals surface area contributed by atoms with E-state index in [2.05, 4.69) is 20.9 Å². The van der Waals surface area contributed by atoms with Crippen molar-refractivity contribution in [2.75, 3.05) is 33.3 Å². The molecule has 1 atom stereocenters. The molecule has 1 aromatic carbocycles. The Balaban J connectivity index is 2.69. The van der Waals surface area contributed by atoms with Crippen LogP contribution in [0.5, 0.6) is 0 Å². The summed E-state index contributed by atoms with van der Waals surface area (Å²) in [5.41, 5.74) is 0.476. The second-order valence-electron chi connectivity index (χ2n) is 6.16. The molecule has 0 saturated carbocycles. The van der Waals surface area contributed by atoms with Gasteiger partial charge in [-0.15, -0.1) is 0 Å². The van der Waals surface area contributed by atoms with Gasteiger partial charge >= 0.3 is 5.97 Å². The van der Waals surface area contributed by atoms with Crippen LogP contribution in [0.25, 0.3) is 0 Å². The number of esters is 1. The summed E-state index contributed by atoms with van der Waals surface area (Å²) in [6, 6.07) is 9.92. The van der Waals surface area contributed by atoms with Crippen LogP contribution in [-0.4, -0.2) is 43.7 Å². The van der Waals surface area contributed by atoms with Crippen molar-refractivity contribution in [2.24, 2.45) is 0 Å². The van der Waals surface area contributed by atoms with Gasteiger partial charge in [0.15, 0.2) is 0 Å². The van der Waals surface area contributed by atoms with Gasteiger partial charge in [-0.3, -0.25) is 4.79 Å². The molecule has 3 nitrogen and oxygen atoms in total. The SMILES string of the molecule is CC[C@@](C)(C(=O)OCC[N+](C)(CC)CC)c1ccccc1. The highest BCUT2D eigenvalue weighted by atomic mass is 16.5. The highest BCUT2D eigenvalue weighted by molar-refractivity contribution is 5.82. The van der Waals surface area contributed by atoms with Crippen molar-refractivity contribution in [3.8, 4) is 0 Å². The van der Waals surface area contributed by atoms with E-state index < -0.39 is 5.41 Å². The average Bonchev–Trinajstić information content (AvgIpc) is 2.54. The summed E-state index contributed by atoms with van der Waals surface area (Å²) in [4.78, 5) is 12.5. The standard InChI is InChI=1S/C18H30NO2/c1-6-18(4,16-12-10-9-11-13-16)17(20)21-15-14-19(5,7-2)8-3/h9-13H,6-8,14-15H2,1-5H3/q+1/t18-/m1/s1. The maximum atomic E-state index is 12.5. The fraction of sp³-hybridized carbons (Fsp3) is 0.611. The van der Waals surface area contributed by atoms with Gasteiger partial charge in [0.1, 0.15) is 13.2 Å². The van der Waals surface area contributed by atoms with Crippen LogP contribution in [0.3, 0.4) is 0 Å². The molecule has 0 fully saturated rings. The Morgan fingerprint density at radius 1 is 1.14 bits per heavy atom. The molecule has 0 aromatic heterocycles. The summed E-state index contributed by atoms with van der Waals surface area (Å²) in [6.07, 6.45) is 0.740. The van der Waals surface area contributed by atoms with E-state index in [0.29, 0.717) is 6.61 Å². The van der Waals surface area contributed by atoms with Crippen molar-refractivity contribution >= 4 is 5.97 Å². The molecule has 0 N–H and O–H groups in total. The van der Waals surface area contributed by atoms with Crippen LogP contribution in [0.15, 0.2) is 30.3 Å². The van der Waals surface area contributed by atoms with Gasteiger partial charge in [0.25, 0.3) is 0 Å². The summed E-state index contributed by atoms with van der Waals surface area (Å²) < 4.78 is 6.53. The Labute approximate surface area is 129 Å². The van der Waals surface area contributed by atoms with E-state index >= 15 is 0 Å². The monoisotopic (exact) mass is 292 g/mol. The lowest BCUT2D eigenvalue weighted by atomic mass is 9.80. The van der Waals surface area contributed by atoms with Gasteiger partial charge in [0.05, 0.1) is 25.6 Å². The van der Waals surface area contributed by atoms with Gasteiger partial charge in [-0.1, -0.05) is 37.3 Å². The Bertz CT molecular complexity index is 440. The second-order valence-corrected chi connectivity index (χ2v) is 6.16. The second kappa shape index (κ2) is 7.60. The number of nitrogens with zero attached hydrogens (tertiary/aromatic N) is 1. The normalized spacial score (nSPS) is 14.5. The number of rotatable bonds is 8. The highest BCUT2D eigenvalue weighted by Crippen LogP contribution is 2.28. The van der Waals surface area contributed by atoms with Crippen LogP contribution >= 0.6 is 0 Å². The van der Waals surface area contributed by atoms with Crippen LogP contribution in [0.4, 0.5) is 0 Å². The predicted molar refractivity (Wildman–Crippen MR) is 87.2 cm³/mol. The van der Waals surface area contributed by atoms with E-state index in [1.54, 1.807) is 0 Å². The lowest BCUT2D eigenvalue weighted by Gasteiger charge is -2.32. The molecule has 0 aliphatic heterocycles.